The first-order chi connectivity index (χ1) is 9.10. The van der Waals surface area contributed by atoms with Crippen LogP contribution in [0.25, 0.3) is 0 Å². The van der Waals surface area contributed by atoms with Crippen LogP contribution in [0.15, 0.2) is 17.5 Å². The molecule has 1 unspecified atom stereocenters. The molecule has 0 aliphatic heterocycles. The van der Waals surface area contributed by atoms with Crippen molar-refractivity contribution >= 4 is 33.8 Å². The van der Waals surface area contributed by atoms with Gasteiger partial charge in [-0.3, -0.25) is 0 Å². The summed E-state index contributed by atoms with van der Waals surface area (Å²) in [6, 6.07) is 4.39. The van der Waals surface area contributed by atoms with E-state index in [4.69, 9.17) is 4.74 Å². The maximum Gasteiger partial charge on any atom is 0.357 e. The number of anilines is 1. The predicted molar refractivity (Wildman–Crippen MR) is 79.2 cm³/mol. The molecule has 0 spiro atoms. The molecule has 19 heavy (non-hydrogen) atoms. The van der Waals surface area contributed by atoms with Crippen molar-refractivity contribution in [3.63, 3.8) is 0 Å². The van der Waals surface area contributed by atoms with Crippen molar-refractivity contribution in [2.24, 2.45) is 0 Å². The van der Waals surface area contributed by atoms with Crippen LogP contribution in [-0.2, 0) is 4.74 Å². The first kappa shape index (κ1) is 14.0. The van der Waals surface area contributed by atoms with E-state index in [0.717, 1.165) is 5.13 Å². The zero-order valence-electron chi connectivity index (χ0n) is 11.1. The number of ether oxygens (including phenoxy) is 1. The number of aromatic nitrogens is 1. The predicted octanol–water partition coefficient (Wildman–Crippen LogP) is 3.86. The summed E-state index contributed by atoms with van der Waals surface area (Å²) in [6.07, 6.45) is 0. The highest BCUT2D eigenvalue weighted by atomic mass is 32.1. The molecule has 2 aromatic heterocycles. The Balaban J connectivity index is 2.01. The van der Waals surface area contributed by atoms with E-state index in [1.54, 1.807) is 23.6 Å². The summed E-state index contributed by atoms with van der Waals surface area (Å²) in [6.45, 7) is 6.31. The number of carbonyl (C=O) groups excluding carboxylic acids is 1. The molecular formula is C13H16N2O2S2. The summed E-state index contributed by atoms with van der Waals surface area (Å²) in [4.78, 5) is 18.3. The summed E-state index contributed by atoms with van der Waals surface area (Å²) >= 11 is 3.17. The molecule has 0 aliphatic carbocycles. The minimum Gasteiger partial charge on any atom is -0.461 e. The molecule has 2 aromatic rings. The zero-order valence-corrected chi connectivity index (χ0v) is 12.7. The number of nitrogens with one attached hydrogen (secondary N) is 1. The molecule has 0 radical (unpaired) electrons. The highest BCUT2D eigenvalue weighted by Gasteiger charge is 2.14. The van der Waals surface area contributed by atoms with Gasteiger partial charge in [-0.2, -0.15) is 0 Å². The van der Waals surface area contributed by atoms with Crippen molar-refractivity contribution in [3.05, 3.63) is 33.0 Å². The number of thiophene rings is 1. The van der Waals surface area contributed by atoms with Crippen LogP contribution in [0, 0.1) is 6.92 Å². The lowest BCUT2D eigenvalue weighted by molar-refractivity contribution is 0.0520. The van der Waals surface area contributed by atoms with E-state index in [0.29, 0.717) is 12.3 Å². The van der Waals surface area contributed by atoms with Crippen molar-refractivity contribution < 1.29 is 9.53 Å². The first-order valence-corrected chi connectivity index (χ1v) is 7.75. The Bertz CT molecular complexity index is 562. The topological polar surface area (TPSA) is 51.2 Å². The second-order valence-electron chi connectivity index (χ2n) is 4.07. The number of hydrogen-bond acceptors (Lipinski definition) is 6. The Morgan fingerprint density at radius 1 is 1.53 bits per heavy atom. The molecule has 6 heteroatoms. The smallest absolute Gasteiger partial charge is 0.357 e. The molecule has 0 bridgehead atoms. The fourth-order valence-electron chi connectivity index (χ4n) is 1.58. The molecule has 0 amide bonds. The number of aryl methyl sites for hydroxylation is 1. The first-order valence-electron chi connectivity index (χ1n) is 6.05. The van der Waals surface area contributed by atoms with Gasteiger partial charge in [-0.1, -0.05) is 0 Å². The van der Waals surface area contributed by atoms with Gasteiger partial charge in [0.05, 0.1) is 12.6 Å². The van der Waals surface area contributed by atoms with Crippen LogP contribution >= 0.6 is 22.7 Å². The molecule has 0 saturated carbocycles. The fraction of sp³-hybridized carbons (Fsp3) is 0.385. The second-order valence-corrected chi connectivity index (χ2v) is 6.25. The fourth-order valence-corrected chi connectivity index (χ4v) is 3.23. The minimum absolute atomic E-state index is 0.180. The molecule has 2 heterocycles. The standard InChI is InChI=1S/C13H16N2O2S2/c1-4-17-12(16)10-7-18-13(15-10)14-9(3)11-6-5-8(2)19-11/h5-7,9H,4H2,1-3H3,(H,14,15). The van der Waals surface area contributed by atoms with Gasteiger partial charge in [0.1, 0.15) is 0 Å². The van der Waals surface area contributed by atoms with E-state index < -0.39 is 0 Å². The molecule has 0 aromatic carbocycles. The van der Waals surface area contributed by atoms with Crippen LogP contribution in [-0.4, -0.2) is 17.6 Å². The number of rotatable bonds is 5. The van der Waals surface area contributed by atoms with E-state index in [1.807, 2.05) is 0 Å². The van der Waals surface area contributed by atoms with Crippen LogP contribution in [0.3, 0.4) is 0 Å². The average molecular weight is 296 g/mol. The quantitative estimate of drug-likeness (QED) is 0.851. The molecule has 0 fully saturated rings. The summed E-state index contributed by atoms with van der Waals surface area (Å²) < 4.78 is 4.91. The lowest BCUT2D eigenvalue weighted by Crippen LogP contribution is -2.07. The normalized spacial score (nSPS) is 12.2. The van der Waals surface area contributed by atoms with Crippen molar-refractivity contribution in [1.29, 1.82) is 0 Å². The Hall–Kier alpha value is -1.40. The lowest BCUT2D eigenvalue weighted by Gasteiger charge is -2.10. The Labute approximate surface area is 120 Å². The molecule has 4 nitrogen and oxygen atoms in total. The van der Waals surface area contributed by atoms with Crippen LogP contribution in [0.4, 0.5) is 5.13 Å². The van der Waals surface area contributed by atoms with E-state index in [1.165, 1.54) is 21.1 Å². The van der Waals surface area contributed by atoms with Crippen molar-refractivity contribution in [2.45, 2.75) is 26.8 Å². The number of esters is 1. The monoisotopic (exact) mass is 296 g/mol. The highest BCUT2D eigenvalue weighted by molar-refractivity contribution is 7.14. The number of nitrogens with zero attached hydrogens (tertiary/aromatic N) is 1. The summed E-state index contributed by atoms with van der Waals surface area (Å²) in [5.74, 6) is -0.369. The molecule has 1 N–H and O–H groups in total. The van der Waals surface area contributed by atoms with Gasteiger partial charge in [0.25, 0.3) is 0 Å². The molecular weight excluding hydrogens is 280 g/mol. The van der Waals surface area contributed by atoms with E-state index in [-0.39, 0.29) is 12.0 Å². The van der Waals surface area contributed by atoms with Crippen molar-refractivity contribution in [2.75, 3.05) is 11.9 Å². The SMILES string of the molecule is CCOC(=O)c1csc(NC(C)c2ccc(C)s2)n1. The van der Waals surface area contributed by atoms with Gasteiger partial charge in [0, 0.05) is 15.1 Å². The molecule has 0 aliphatic rings. The van der Waals surface area contributed by atoms with E-state index in [9.17, 15) is 4.79 Å². The van der Waals surface area contributed by atoms with E-state index in [2.05, 4.69) is 36.3 Å². The summed E-state index contributed by atoms with van der Waals surface area (Å²) in [5.41, 5.74) is 0.365. The maximum absolute atomic E-state index is 11.5. The third-order valence-corrected chi connectivity index (χ3v) is 4.47. The number of carbonyl (C=O) groups is 1. The summed E-state index contributed by atoms with van der Waals surface area (Å²) in [7, 11) is 0. The van der Waals surface area contributed by atoms with Crippen LogP contribution in [0.1, 0.15) is 40.1 Å². The number of hydrogen-bond donors (Lipinski definition) is 1. The molecule has 1 atom stereocenters. The Morgan fingerprint density at radius 3 is 2.95 bits per heavy atom. The average Bonchev–Trinajstić information content (AvgIpc) is 2.98. The van der Waals surface area contributed by atoms with Crippen LogP contribution in [0.2, 0.25) is 0 Å². The largest absolute Gasteiger partial charge is 0.461 e. The minimum atomic E-state index is -0.369. The van der Waals surface area contributed by atoms with Gasteiger partial charge in [0.2, 0.25) is 0 Å². The molecule has 0 saturated heterocycles. The third-order valence-electron chi connectivity index (χ3n) is 2.52. The highest BCUT2D eigenvalue weighted by Crippen LogP contribution is 2.27. The molecule has 102 valence electrons. The van der Waals surface area contributed by atoms with Gasteiger partial charge in [-0.25, -0.2) is 9.78 Å². The lowest BCUT2D eigenvalue weighted by atomic mass is 10.3. The molecule has 2 rings (SSSR count). The Kier molecular flexibility index (Phi) is 4.55. The van der Waals surface area contributed by atoms with Crippen LogP contribution in [0.5, 0.6) is 0 Å². The Morgan fingerprint density at radius 2 is 2.32 bits per heavy atom. The van der Waals surface area contributed by atoms with Gasteiger partial charge in [0.15, 0.2) is 10.8 Å². The van der Waals surface area contributed by atoms with Gasteiger partial charge < -0.3 is 10.1 Å². The van der Waals surface area contributed by atoms with Gasteiger partial charge in [-0.15, -0.1) is 22.7 Å². The summed E-state index contributed by atoms with van der Waals surface area (Å²) in [5, 5.41) is 5.75. The third kappa shape index (κ3) is 3.54. The van der Waals surface area contributed by atoms with E-state index >= 15 is 0 Å². The number of thiazole rings is 1. The zero-order chi connectivity index (χ0) is 13.8. The van der Waals surface area contributed by atoms with Crippen LogP contribution < -0.4 is 5.32 Å². The van der Waals surface area contributed by atoms with Crippen molar-refractivity contribution in [1.82, 2.24) is 4.98 Å². The van der Waals surface area contributed by atoms with Gasteiger partial charge in [-0.05, 0) is 32.9 Å². The maximum atomic E-state index is 11.5. The van der Waals surface area contributed by atoms with Gasteiger partial charge >= 0.3 is 5.97 Å². The second kappa shape index (κ2) is 6.16. The van der Waals surface area contributed by atoms with Crippen molar-refractivity contribution in [3.8, 4) is 0 Å².